The standard InChI is InChI=1S/C12H8ClN3O2/c1-16-9-6-7(2-3-10(9)18-12(16)17)8-4-5-14-11(13)15-8/h2-6H,1H3. The number of nitrogens with zero attached hydrogens (tertiary/aromatic N) is 3. The molecule has 0 atom stereocenters. The first-order chi connectivity index (χ1) is 8.65. The van der Waals surface area contributed by atoms with Crippen molar-refractivity contribution in [2.45, 2.75) is 0 Å². The lowest BCUT2D eigenvalue weighted by Gasteiger charge is -2.01. The Hall–Kier alpha value is -2.14. The van der Waals surface area contributed by atoms with Crippen LogP contribution >= 0.6 is 11.6 Å². The molecule has 0 fully saturated rings. The van der Waals surface area contributed by atoms with Crippen LogP contribution in [0.3, 0.4) is 0 Å². The Bertz CT molecular complexity index is 791. The van der Waals surface area contributed by atoms with Crippen molar-refractivity contribution in [1.82, 2.24) is 14.5 Å². The molecule has 0 aliphatic rings. The zero-order valence-corrected chi connectivity index (χ0v) is 10.2. The van der Waals surface area contributed by atoms with Crippen LogP contribution in [0.1, 0.15) is 0 Å². The number of halogens is 1. The molecule has 2 aromatic heterocycles. The second-order valence-electron chi connectivity index (χ2n) is 3.82. The maximum atomic E-state index is 11.4. The summed E-state index contributed by atoms with van der Waals surface area (Å²) in [5, 5.41) is 0.189. The molecule has 90 valence electrons. The number of hydrogen-bond donors (Lipinski definition) is 0. The van der Waals surface area contributed by atoms with E-state index >= 15 is 0 Å². The van der Waals surface area contributed by atoms with Crippen molar-refractivity contribution in [2.24, 2.45) is 7.05 Å². The average Bonchev–Trinajstić information content (AvgIpc) is 2.65. The highest BCUT2D eigenvalue weighted by Crippen LogP contribution is 2.22. The van der Waals surface area contributed by atoms with Gasteiger partial charge in [-0.2, -0.15) is 0 Å². The average molecular weight is 262 g/mol. The molecule has 0 radical (unpaired) electrons. The molecule has 3 aromatic rings. The van der Waals surface area contributed by atoms with Gasteiger partial charge in [-0.25, -0.2) is 14.8 Å². The topological polar surface area (TPSA) is 60.9 Å². The molecule has 0 aliphatic carbocycles. The zero-order chi connectivity index (χ0) is 12.7. The number of rotatable bonds is 1. The summed E-state index contributed by atoms with van der Waals surface area (Å²) in [6.45, 7) is 0. The lowest BCUT2D eigenvalue weighted by atomic mass is 10.1. The van der Waals surface area contributed by atoms with Crippen molar-refractivity contribution in [2.75, 3.05) is 0 Å². The van der Waals surface area contributed by atoms with Gasteiger partial charge in [-0.15, -0.1) is 0 Å². The molecule has 18 heavy (non-hydrogen) atoms. The van der Waals surface area contributed by atoms with Crippen LogP contribution in [0.25, 0.3) is 22.4 Å². The van der Waals surface area contributed by atoms with Crippen LogP contribution in [0.5, 0.6) is 0 Å². The molecule has 0 saturated heterocycles. The molecule has 6 heteroatoms. The van der Waals surface area contributed by atoms with Crippen LogP contribution in [0.2, 0.25) is 5.28 Å². The number of benzene rings is 1. The van der Waals surface area contributed by atoms with Gasteiger partial charge in [0.25, 0.3) is 0 Å². The normalized spacial score (nSPS) is 11.0. The van der Waals surface area contributed by atoms with Gasteiger partial charge in [0.15, 0.2) is 5.58 Å². The number of aromatic nitrogens is 3. The predicted octanol–water partition coefficient (Wildman–Crippen LogP) is 2.24. The van der Waals surface area contributed by atoms with Gasteiger partial charge < -0.3 is 4.42 Å². The highest BCUT2D eigenvalue weighted by atomic mass is 35.5. The van der Waals surface area contributed by atoms with Crippen LogP contribution in [-0.2, 0) is 7.05 Å². The minimum atomic E-state index is -0.386. The summed E-state index contributed by atoms with van der Waals surface area (Å²) < 4.78 is 6.51. The Kier molecular flexibility index (Phi) is 2.41. The second-order valence-corrected chi connectivity index (χ2v) is 4.16. The molecular formula is C12H8ClN3O2. The predicted molar refractivity (Wildman–Crippen MR) is 67.5 cm³/mol. The third-order valence-electron chi connectivity index (χ3n) is 2.71. The Morgan fingerprint density at radius 3 is 2.94 bits per heavy atom. The first-order valence-corrected chi connectivity index (χ1v) is 5.61. The van der Waals surface area contributed by atoms with Crippen LogP contribution in [-0.4, -0.2) is 14.5 Å². The maximum Gasteiger partial charge on any atom is 0.419 e. The summed E-state index contributed by atoms with van der Waals surface area (Å²) in [4.78, 5) is 19.3. The van der Waals surface area contributed by atoms with E-state index in [1.165, 1.54) is 4.57 Å². The Labute approximate surface area is 107 Å². The van der Waals surface area contributed by atoms with E-state index < -0.39 is 0 Å². The van der Waals surface area contributed by atoms with Gasteiger partial charge in [0.1, 0.15) is 0 Å². The first kappa shape index (κ1) is 11.0. The largest absolute Gasteiger partial charge is 0.419 e. The van der Waals surface area contributed by atoms with E-state index in [0.717, 1.165) is 5.56 Å². The smallest absolute Gasteiger partial charge is 0.408 e. The van der Waals surface area contributed by atoms with Gasteiger partial charge in [0.2, 0.25) is 5.28 Å². The van der Waals surface area contributed by atoms with Gasteiger partial charge in [-0.05, 0) is 35.9 Å². The SMILES string of the molecule is Cn1c(=O)oc2ccc(-c3ccnc(Cl)n3)cc21. The third kappa shape index (κ3) is 1.69. The molecule has 3 rings (SSSR count). The van der Waals surface area contributed by atoms with Crippen molar-refractivity contribution in [3.63, 3.8) is 0 Å². The number of oxazole rings is 1. The van der Waals surface area contributed by atoms with E-state index in [0.29, 0.717) is 16.8 Å². The molecule has 0 spiro atoms. The highest BCUT2D eigenvalue weighted by Gasteiger charge is 2.08. The van der Waals surface area contributed by atoms with Crippen molar-refractivity contribution < 1.29 is 4.42 Å². The van der Waals surface area contributed by atoms with E-state index in [1.807, 2.05) is 12.1 Å². The van der Waals surface area contributed by atoms with Crippen LogP contribution in [0, 0.1) is 0 Å². The Morgan fingerprint density at radius 2 is 2.17 bits per heavy atom. The quantitative estimate of drug-likeness (QED) is 0.630. The van der Waals surface area contributed by atoms with Gasteiger partial charge >= 0.3 is 5.76 Å². The molecule has 1 aromatic carbocycles. The van der Waals surface area contributed by atoms with Crippen LogP contribution in [0.4, 0.5) is 0 Å². The minimum Gasteiger partial charge on any atom is -0.408 e. The Morgan fingerprint density at radius 1 is 1.33 bits per heavy atom. The monoisotopic (exact) mass is 261 g/mol. The van der Waals surface area contributed by atoms with Crippen molar-refractivity contribution >= 4 is 22.7 Å². The van der Waals surface area contributed by atoms with Gasteiger partial charge in [-0.3, -0.25) is 4.57 Å². The maximum absolute atomic E-state index is 11.4. The van der Waals surface area contributed by atoms with E-state index in [-0.39, 0.29) is 11.0 Å². The number of aryl methyl sites for hydroxylation is 1. The molecule has 0 amide bonds. The fourth-order valence-corrected chi connectivity index (χ4v) is 1.93. The third-order valence-corrected chi connectivity index (χ3v) is 2.90. The fraction of sp³-hybridized carbons (Fsp3) is 0.0833. The van der Waals surface area contributed by atoms with Gasteiger partial charge in [0, 0.05) is 18.8 Å². The summed E-state index contributed by atoms with van der Waals surface area (Å²) in [7, 11) is 1.66. The summed E-state index contributed by atoms with van der Waals surface area (Å²) in [6, 6.07) is 7.15. The highest BCUT2D eigenvalue weighted by molar-refractivity contribution is 6.28. The molecule has 0 bridgehead atoms. The van der Waals surface area contributed by atoms with E-state index in [2.05, 4.69) is 9.97 Å². The lowest BCUT2D eigenvalue weighted by Crippen LogP contribution is -2.08. The molecule has 0 unspecified atom stereocenters. The number of hydrogen-bond acceptors (Lipinski definition) is 4. The molecule has 2 heterocycles. The number of fused-ring (bicyclic) bond motifs is 1. The second kappa shape index (κ2) is 3.96. The van der Waals surface area contributed by atoms with E-state index in [9.17, 15) is 4.79 Å². The fourth-order valence-electron chi connectivity index (χ4n) is 1.78. The van der Waals surface area contributed by atoms with Crippen molar-refractivity contribution in [3.05, 3.63) is 46.3 Å². The van der Waals surface area contributed by atoms with Gasteiger partial charge in [-0.1, -0.05) is 0 Å². The zero-order valence-electron chi connectivity index (χ0n) is 9.42. The van der Waals surface area contributed by atoms with E-state index in [1.54, 1.807) is 25.4 Å². The van der Waals surface area contributed by atoms with Crippen molar-refractivity contribution in [3.8, 4) is 11.3 Å². The minimum absolute atomic E-state index is 0.189. The molecule has 0 aliphatic heterocycles. The van der Waals surface area contributed by atoms with Crippen LogP contribution in [0.15, 0.2) is 39.7 Å². The van der Waals surface area contributed by atoms with Crippen LogP contribution < -0.4 is 5.76 Å². The molecule has 0 saturated carbocycles. The molecule has 0 N–H and O–H groups in total. The summed E-state index contributed by atoms with van der Waals surface area (Å²) in [5.41, 5.74) is 2.81. The lowest BCUT2D eigenvalue weighted by molar-refractivity contribution is 0.528. The van der Waals surface area contributed by atoms with Gasteiger partial charge in [0.05, 0.1) is 11.2 Å². The summed E-state index contributed by atoms with van der Waals surface area (Å²) >= 11 is 5.75. The Balaban J connectivity index is 2.25. The van der Waals surface area contributed by atoms with E-state index in [4.69, 9.17) is 16.0 Å². The first-order valence-electron chi connectivity index (χ1n) is 5.23. The molecule has 5 nitrogen and oxygen atoms in total. The van der Waals surface area contributed by atoms with Crippen molar-refractivity contribution in [1.29, 1.82) is 0 Å². The molecular weight excluding hydrogens is 254 g/mol. The summed E-state index contributed by atoms with van der Waals surface area (Å²) in [6.07, 6.45) is 1.59. The summed E-state index contributed by atoms with van der Waals surface area (Å²) in [5.74, 6) is -0.386.